The molecule has 1 fully saturated rings. The number of fused-ring (bicyclic) bond motifs is 1. The van der Waals surface area contributed by atoms with Crippen molar-refractivity contribution in [1.82, 2.24) is 14.3 Å². The van der Waals surface area contributed by atoms with Gasteiger partial charge in [-0.15, -0.1) is 0 Å². The van der Waals surface area contributed by atoms with Gasteiger partial charge >= 0.3 is 0 Å². The van der Waals surface area contributed by atoms with Crippen molar-refractivity contribution < 1.29 is 4.79 Å². The number of benzene rings is 2. The van der Waals surface area contributed by atoms with E-state index in [-0.39, 0.29) is 11.5 Å². The molecule has 3 heterocycles. The lowest BCUT2D eigenvalue weighted by Gasteiger charge is -2.14. The van der Waals surface area contributed by atoms with Crippen molar-refractivity contribution in [3.63, 3.8) is 0 Å². The zero-order valence-corrected chi connectivity index (χ0v) is 22.2. The van der Waals surface area contributed by atoms with Crippen LogP contribution in [0.3, 0.4) is 0 Å². The van der Waals surface area contributed by atoms with Crippen LogP contribution in [0.4, 0.5) is 5.82 Å². The fourth-order valence-corrected chi connectivity index (χ4v) is 5.37. The van der Waals surface area contributed by atoms with Gasteiger partial charge in [0.1, 0.15) is 15.8 Å². The summed E-state index contributed by atoms with van der Waals surface area (Å²) in [6.07, 6.45) is 4.16. The highest BCUT2D eigenvalue weighted by Crippen LogP contribution is 2.34. The first kappa shape index (κ1) is 24.9. The second-order valence-corrected chi connectivity index (χ2v) is 10.7. The molecule has 1 aliphatic heterocycles. The first-order valence-electron chi connectivity index (χ1n) is 12.0. The number of thioether (sulfide) groups is 1. The predicted molar refractivity (Wildman–Crippen MR) is 155 cm³/mol. The molecule has 0 spiro atoms. The number of anilines is 1. The summed E-state index contributed by atoms with van der Waals surface area (Å²) in [7, 11) is 0. The van der Waals surface area contributed by atoms with Crippen LogP contribution in [0, 0.1) is 13.8 Å². The molecule has 1 amide bonds. The fourth-order valence-electron chi connectivity index (χ4n) is 4.14. The van der Waals surface area contributed by atoms with Gasteiger partial charge in [0.2, 0.25) is 0 Å². The number of rotatable bonds is 7. The highest BCUT2D eigenvalue weighted by molar-refractivity contribution is 8.26. The van der Waals surface area contributed by atoms with Crippen molar-refractivity contribution in [2.75, 3.05) is 11.9 Å². The quantitative estimate of drug-likeness (QED) is 0.258. The van der Waals surface area contributed by atoms with Crippen LogP contribution in [0.1, 0.15) is 27.8 Å². The van der Waals surface area contributed by atoms with Gasteiger partial charge < -0.3 is 5.32 Å². The van der Waals surface area contributed by atoms with E-state index in [0.717, 1.165) is 23.1 Å². The van der Waals surface area contributed by atoms with Gasteiger partial charge in [-0.2, -0.15) is 0 Å². The maximum absolute atomic E-state index is 13.6. The minimum atomic E-state index is -0.236. The topological polar surface area (TPSA) is 66.7 Å². The Labute approximate surface area is 225 Å². The van der Waals surface area contributed by atoms with Crippen LogP contribution in [0.2, 0.25) is 0 Å². The lowest BCUT2D eigenvalue weighted by atomic mass is 10.1. The largest absolute Gasteiger partial charge is 0.369 e. The monoisotopic (exact) mass is 526 g/mol. The van der Waals surface area contributed by atoms with Gasteiger partial charge in [0.15, 0.2) is 0 Å². The Balaban J connectivity index is 1.48. The van der Waals surface area contributed by atoms with Gasteiger partial charge in [-0.3, -0.25) is 18.9 Å². The van der Waals surface area contributed by atoms with Gasteiger partial charge in [0, 0.05) is 12.7 Å². The Hall–Kier alpha value is -3.75. The summed E-state index contributed by atoms with van der Waals surface area (Å²) < 4.78 is 2.00. The average molecular weight is 527 g/mol. The number of nitrogens with zero attached hydrogens (tertiary/aromatic N) is 3. The molecule has 0 atom stereocenters. The third-order valence-corrected chi connectivity index (χ3v) is 7.54. The molecule has 1 aliphatic rings. The Kier molecular flexibility index (Phi) is 7.21. The molecule has 0 radical (unpaired) electrons. The van der Waals surface area contributed by atoms with E-state index in [1.807, 2.05) is 68.4 Å². The molecule has 6 nitrogen and oxygen atoms in total. The van der Waals surface area contributed by atoms with Crippen molar-refractivity contribution in [2.24, 2.45) is 0 Å². The maximum Gasteiger partial charge on any atom is 0.267 e. The first-order valence-corrected chi connectivity index (χ1v) is 13.2. The van der Waals surface area contributed by atoms with E-state index >= 15 is 0 Å². The Bertz CT molecular complexity index is 1580. The molecule has 0 saturated carbocycles. The highest BCUT2D eigenvalue weighted by atomic mass is 32.2. The van der Waals surface area contributed by atoms with Crippen LogP contribution < -0.4 is 10.9 Å². The molecule has 1 N–H and O–H groups in total. The SMILES string of the molecule is Cc1ccc(CN2C(=O)/C(=C\c3c(NCCc4ccccc4)nc4ccc(C)cn4c3=O)SC2=S)cc1. The van der Waals surface area contributed by atoms with E-state index < -0.39 is 0 Å². The third kappa shape index (κ3) is 5.50. The Morgan fingerprint density at radius 3 is 2.43 bits per heavy atom. The van der Waals surface area contributed by atoms with Crippen LogP contribution in [0.5, 0.6) is 0 Å². The molecular weight excluding hydrogens is 500 g/mol. The molecule has 2 aromatic carbocycles. The molecule has 0 bridgehead atoms. The van der Waals surface area contributed by atoms with Crippen molar-refractivity contribution in [2.45, 2.75) is 26.8 Å². The molecule has 4 aromatic rings. The van der Waals surface area contributed by atoms with Gasteiger partial charge in [0.25, 0.3) is 11.5 Å². The minimum absolute atomic E-state index is 0.209. The summed E-state index contributed by atoms with van der Waals surface area (Å²) in [4.78, 5) is 33.6. The summed E-state index contributed by atoms with van der Waals surface area (Å²) in [6.45, 7) is 4.93. The van der Waals surface area contributed by atoms with E-state index in [1.165, 1.54) is 21.7 Å². The molecule has 37 heavy (non-hydrogen) atoms. The second-order valence-electron chi connectivity index (χ2n) is 9.03. The highest BCUT2D eigenvalue weighted by Gasteiger charge is 2.32. The number of aryl methyl sites for hydroxylation is 2. The summed E-state index contributed by atoms with van der Waals surface area (Å²) >= 11 is 6.74. The minimum Gasteiger partial charge on any atom is -0.369 e. The molecular formula is C29H26N4O2S2. The summed E-state index contributed by atoms with van der Waals surface area (Å²) in [5, 5.41) is 3.33. The number of carbonyl (C=O) groups excluding carboxylic acids is 1. The summed E-state index contributed by atoms with van der Waals surface area (Å²) in [5.74, 6) is 0.244. The van der Waals surface area contributed by atoms with Crippen LogP contribution >= 0.6 is 24.0 Å². The first-order chi connectivity index (χ1) is 17.9. The smallest absolute Gasteiger partial charge is 0.267 e. The number of hydrogen-bond acceptors (Lipinski definition) is 6. The van der Waals surface area contributed by atoms with E-state index in [0.29, 0.717) is 39.3 Å². The molecule has 8 heteroatoms. The second kappa shape index (κ2) is 10.7. The number of thiocarbonyl (C=S) groups is 1. The Morgan fingerprint density at radius 2 is 1.68 bits per heavy atom. The van der Waals surface area contributed by atoms with Gasteiger partial charge in [-0.25, -0.2) is 4.98 Å². The molecule has 5 rings (SSSR count). The zero-order chi connectivity index (χ0) is 25.9. The van der Waals surface area contributed by atoms with Gasteiger partial charge in [-0.1, -0.05) is 90.2 Å². The number of pyridine rings is 1. The third-order valence-electron chi connectivity index (χ3n) is 6.16. The van der Waals surface area contributed by atoms with Gasteiger partial charge in [-0.05, 0) is 49.1 Å². The normalized spacial score (nSPS) is 14.6. The number of nitrogens with one attached hydrogen (secondary N) is 1. The lowest BCUT2D eigenvalue weighted by Crippen LogP contribution is -2.27. The number of amides is 1. The Morgan fingerprint density at radius 1 is 0.946 bits per heavy atom. The molecule has 186 valence electrons. The molecule has 0 aliphatic carbocycles. The van der Waals surface area contributed by atoms with Crippen LogP contribution in [0.25, 0.3) is 11.7 Å². The number of carbonyl (C=O) groups is 1. The van der Waals surface area contributed by atoms with Crippen molar-refractivity contribution in [3.8, 4) is 0 Å². The van der Waals surface area contributed by atoms with E-state index in [4.69, 9.17) is 17.2 Å². The molecule has 0 unspecified atom stereocenters. The van der Waals surface area contributed by atoms with E-state index in [1.54, 1.807) is 17.2 Å². The van der Waals surface area contributed by atoms with Crippen molar-refractivity contribution in [3.05, 3.63) is 116 Å². The van der Waals surface area contributed by atoms with Crippen LogP contribution in [-0.4, -0.2) is 31.1 Å². The van der Waals surface area contributed by atoms with E-state index in [9.17, 15) is 9.59 Å². The fraction of sp³-hybridized carbons (Fsp3) is 0.172. The maximum atomic E-state index is 13.6. The van der Waals surface area contributed by atoms with Crippen LogP contribution in [-0.2, 0) is 17.8 Å². The van der Waals surface area contributed by atoms with Crippen molar-refractivity contribution in [1.29, 1.82) is 0 Å². The lowest BCUT2D eigenvalue weighted by molar-refractivity contribution is -0.122. The summed E-state index contributed by atoms with van der Waals surface area (Å²) in [6, 6.07) is 21.9. The summed E-state index contributed by atoms with van der Waals surface area (Å²) in [5.41, 5.74) is 4.92. The average Bonchev–Trinajstić information content (AvgIpc) is 3.16. The standard InChI is InChI=1S/C29H26N4O2S2/c1-19-8-11-22(12-9-19)18-33-28(35)24(37-29(33)36)16-23-26(30-15-14-21-6-4-3-5-7-21)31-25-13-10-20(2)17-32(25)27(23)34/h3-13,16-17,30H,14-15,18H2,1-2H3/b24-16+. The van der Waals surface area contributed by atoms with Crippen molar-refractivity contribution >= 4 is 51.7 Å². The number of hydrogen-bond donors (Lipinski definition) is 1. The predicted octanol–water partition coefficient (Wildman–Crippen LogP) is 5.37. The molecule has 2 aromatic heterocycles. The number of aromatic nitrogens is 2. The van der Waals surface area contributed by atoms with Gasteiger partial charge in [0.05, 0.1) is 17.0 Å². The van der Waals surface area contributed by atoms with Crippen LogP contribution in [0.15, 0.2) is 82.6 Å². The van der Waals surface area contributed by atoms with E-state index in [2.05, 4.69) is 17.4 Å². The zero-order valence-electron chi connectivity index (χ0n) is 20.6. The molecule has 1 saturated heterocycles.